The Morgan fingerprint density at radius 1 is 1.62 bits per heavy atom. The number of methoxy groups -OCH3 is 1. The molecule has 0 aromatic carbocycles. The van der Waals surface area contributed by atoms with Gasteiger partial charge in [-0.1, -0.05) is 19.0 Å². The van der Waals surface area contributed by atoms with E-state index in [0.717, 1.165) is 5.76 Å². The molecule has 13 heavy (non-hydrogen) atoms. The molecule has 0 fully saturated rings. The zero-order chi connectivity index (χ0) is 9.84. The van der Waals surface area contributed by atoms with Crippen molar-refractivity contribution in [2.24, 2.45) is 0 Å². The van der Waals surface area contributed by atoms with Crippen LogP contribution in [0.25, 0.3) is 0 Å². The minimum Gasteiger partial charge on any atom is -0.367 e. The number of nitrogens with zero attached hydrogens (tertiary/aromatic N) is 1. The van der Waals surface area contributed by atoms with E-state index in [1.165, 1.54) is 7.11 Å². The Morgan fingerprint density at radius 3 is 2.69 bits per heavy atom. The highest BCUT2D eigenvalue weighted by Crippen LogP contribution is 2.19. The number of rotatable bonds is 4. The SMILES string of the molecule is COC(C=O)c1cc(C(C)C)on1. The maximum atomic E-state index is 10.5. The van der Waals surface area contributed by atoms with Gasteiger partial charge in [0.25, 0.3) is 0 Å². The lowest BCUT2D eigenvalue weighted by Gasteiger charge is -2.01. The molecule has 0 aliphatic carbocycles. The van der Waals surface area contributed by atoms with Gasteiger partial charge in [0.05, 0.1) is 0 Å². The van der Waals surface area contributed by atoms with Crippen LogP contribution in [-0.4, -0.2) is 18.6 Å². The molecule has 72 valence electrons. The molecule has 0 radical (unpaired) electrons. The van der Waals surface area contributed by atoms with Crippen molar-refractivity contribution in [2.75, 3.05) is 7.11 Å². The largest absolute Gasteiger partial charge is 0.367 e. The standard InChI is InChI=1S/C9H13NO3/c1-6(2)8-4-7(10-13-8)9(5-11)12-3/h4-6,9H,1-3H3. The Labute approximate surface area is 76.9 Å². The number of aldehydes is 1. The van der Waals surface area contributed by atoms with Gasteiger partial charge in [0, 0.05) is 19.1 Å². The molecule has 0 saturated carbocycles. The lowest BCUT2D eigenvalue weighted by Crippen LogP contribution is -2.02. The van der Waals surface area contributed by atoms with Crippen LogP contribution in [0.2, 0.25) is 0 Å². The van der Waals surface area contributed by atoms with Crippen LogP contribution in [0.5, 0.6) is 0 Å². The van der Waals surface area contributed by atoms with Crippen molar-refractivity contribution in [2.45, 2.75) is 25.9 Å². The van der Waals surface area contributed by atoms with E-state index in [2.05, 4.69) is 5.16 Å². The first kappa shape index (κ1) is 9.92. The number of carbonyl (C=O) groups is 1. The van der Waals surface area contributed by atoms with Crippen LogP contribution in [-0.2, 0) is 9.53 Å². The van der Waals surface area contributed by atoms with E-state index in [1.807, 2.05) is 13.8 Å². The Hall–Kier alpha value is -1.16. The summed E-state index contributed by atoms with van der Waals surface area (Å²) in [6.07, 6.45) is 0.0818. The molecule has 1 rings (SSSR count). The van der Waals surface area contributed by atoms with E-state index in [4.69, 9.17) is 9.26 Å². The molecule has 0 N–H and O–H groups in total. The molecule has 0 spiro atoms. The highest BCUT2D eigenvalue weighted by molar-refractivity contribution is 5.58. The smallest absolute Gasteiger partial charge is 0.157 e. The topological polar surface area (TPSA) is 52.3 Å². The van der Waals surface area contributed by atoms with Crippen molar-refractivity contribution in [1.82, 2.24) is 5.16 Å². The first-order valence-electron chi connectivity index (χ1n) is 4.13. The number of carbonyl (C=O) groups excluding carboxylic acids is 1. The number of ether oxygens (including phenoxy) is 1. The van der Waals surface area contributed by atoms with Crippen molar-refractivity contribution in [3.8, 4) is 0 Å². The minimum atomic E-state index is -0.615. The van der Waals surface area contributed by atoms with Crippen LogP contribution >= 0.6 is 0 Å². The van der Waals surface area contributed by atoms with Crippen LogP contribution in [0.4, 0.5) is 0 Å². The summed E-state index contributed by atoms with van der Waals surface area (Å²) in [5, 5.41) is 3.75. The third-order valence-electron chi connectivity index (χ3n) is 1.78. The van der Waals surface area contributed by atoms with Crippen LogP contribution in [0.1, 0.15) is 37.3 Å². The summed E-state index contributed by atoms with van der Waals surface area (Å²) in [4.78, 5) is 10.5. The number of hydrogen-bond donors (Lipinski definition) is 0. The fourth-order valence-corrected chi connectivity index (χ4v) is 0.956. The molecule has 0 amide bonds. The lowest BCUT2D eigenvalue weighted by molar-refractivity contribution is -0.116. The average molecular weight is 183 g/mol. The summed E-state index contributed by atoms with van der Waals surface area (Å²) < 4.78 is 9.91. The minimum absolute atomic E-state index is 0.269. The Balaban J connectivity index is 2.83. The molecule has 1 unspecified atom stereocenters. The third-order valence-corrected chi connectivity index (χ3v) is 1.78. The van der Waals surface area contributed by atoms with Crippen molar-refractivity contribution < 1.29 is 14.1 Å². The Morgan fingerprint density at radius 2 is 2.31 bits per heavy atom. The second kappa shape index (κ2) is 4.18. The fraction of sp³-hybridized carbons (Fsp3) is 0.556. The van der Waals surface area contributed by atoms with Gasteiger partial charge in [-0.25, -0.2) is 0 Å². The summed E-state index contributed by atoms with van der Waals surface area (Å²) in [7, 11) is 1.46. The second-order valence-electron chi connectivity index (χ2n) is 3.10. The van der Waals surface area contributed by atoms with Crippen LogP contribution in [0.3, 0.4) is 0 Å². The van der Waals surface area contributed by atoms with E-state index >= 15 is 0 Å². The van der Waals surface area contributed by atoms with E-state index in [1.54, 1.807) is 6.07 Å². The molecule has 0 bridgehead atoms. The van der Waals surface area contributed by atoms with Crippen molar-refractivity contribution >= 4 is 6.29 Å². The summed E-state index contributed by atoms with van der Waals surface area (Å²) in [5.41, 5.74) is 0.529. The quantitative estimate of drug-likeness (QED) is 0.666. The summed E-state index contributed by atoms with van der Waals surface area (Å²) in [6.45, 7) is 3.99. The summed E-state index contributed by atoms with van der Waals surface area (Å²) in [5.74, 6) is 1.03. The lowest BCUT2D eigenvalue weighted by atomic mass is 10.1. The Bertz CT molecular complexity index is 280. The fourth-order valence-electron chi connectivity index (χ4n) is 0.956. The molecule has 0 aliphatic rings. The van der Waals surface area contributed by atoms with Gasteiger partial charge in [-0.2, -0.15) is 0 Å². The van der Waals surface area contributed by atoms with E-state index in [9.17, 15) is 4.79 Å². The molecular formula is C9H13NO3. The van der Waals surface area contributed by atoms with E-state index in [0.29, 0.717) is 12.0 Å². The molecule has 0 saturated heterocycles. The van der Waals surface area contributed by atoms with Gasteiger partial charge in [-0.3, -0.25) is 4.79 Å². The molecule has 1 aromatic rings. The zero-order valence-electron chi connectivity index (χ0n) is 7.98. The zero-order valence-corrected chi connectivity index (χ0v) is 7.98. The first-order valence-corrected chi connectivity index (χ1v) is 4.13. The predicted molar refractivity (Wildman–Crippen MR) is 46.4 cm³/mol. The molecule has 1 atom stereocenters. The van der Waals surface area contributed by atoms with Gasteiger partial charge >= 0.3 is 0 Å². The van der Waals surface area contributed by atoms with Gasteiger partial charge < -0.3 is 9.26 Å². The summed E-state index contributed by atoms with van der Waals surface area (Å²) >= 11 is 0. The van der Waals surface area contributed by atoms with Gasteiger partial charge in [0.2, 0.25) is 0 Å². The highest BCUT2D eigenvalue weighted by Gasteiger charge is 2.15. The van der Waals surface area contributed by atoms with Crippen molar-refractivity contribution in [3.05, 3.63) is 17.5 Å². The molecule has 1 aromatic heterocycles. The van der Waals surface area contributed by atoms with Gasteiger partial charge in [0.1, 0.15) is 11.5 Å². The van der Waals surface area contributed by atoms with Gasteiger partial charge in [-0.15, -0.1) is 0 Å². The highest BCUT2D eigenvalue weighted by atomic mass is 16.5. The maximum absolute atomic E-state index is 10.5. The Kier molecular flexibility index (Phi) is 3.19. The van der Waals surface area contributed by atoms with E-state index < -0.39 is 6.10 Å². The summed E-state index contributed by atoms with van der Waals surface area (Å²) in [6, 6.07) is 1.74. The number of hydrogen-bond acceptors (Lipinski definition) is 4. The van der Waals surface area contributed by atoms with Gasteiger partial charge in [-0.05, 0) is 0 Å². The molecule has 4 heteroatoms. The average Bonchev–Trinajstić information content (AvgIpc) is 2.56. The van der Waals surface area contributed by atoms with E-state index in [-0.39, 0.29) is 5.92 Å². The van der Waals surface area contributed by atoms with Crippen molar-refractivity contribution in [1.29, 1.82) is 0 Å². The second-order valence-corrected chi connectivity index (χ2v) is 3.10. The predicted octanol–water partition coefficient (Wildman–Crippen LogP) is 1.68. The number of aromatic nitrogens is 1. The van der Waals surface area contributed by atoms with Crippen molar-refractivity contribution in [3.63, 3.8) is 0 Å². The first-order chi connectivity index (χ1) is 6.19. The third kappa shape index (κ3) is 2.15. The van der Waals surface area contributed by atoms with Crippen LogP contribution in [0, 0.1) is 0 Å². The monoisotopic (exact) mass is 183 g/mol. The van der Waals surface area contributed by atoms with Crippen LogP contribution in [0.15, 0.2) is 10.6 Å². The molecular weight excluding hydrogens is 170 g/mol. The molecule has 0 aliphatic heterocycles. The normalized spacial score (nSPS) is 13.2. The molecule has 1 heterocycles. The van der Waals surface area contributed by atoms with Gasteiger partial charge in [0.15, 0.2) is 12.4 Å². The maximum Gasteiger partial charge on any atom is 0.157 e. The molecule has 4 nitrogen and oxygen atoms in total. The van der Waals surface area contributed by atoms with Crippen LogP contribution < -0.4 is 0 Å².